The molecular formula is C13H16N2O3. The van der Waals surface area contributed by atoms with Gasteiger partial charge in [-0.05, 0) is 24.1 Å². The first-order valence-corrected chi connectivity index (χ1v) is 5.65. The van der Waals surface area contributed by atoms with Gasteiger partial charge in [0.2, 0.25) is 5.91 Å². The van der Waals surface area contributed by atoms with E-state index in [1.165, 1.54) is 6.92 Å². The van der Waals surface area contributed by atoms with E-state index in [1.807, 2.05) is 6.07 Å². The lowest BCUT2D eigenvalue weighted by molar-refractivity contribution is -0.119. The lowest BCUT2D eigenvalue weighted by Gasteiger charge is -2.18. The van der Waals surface area contributed by atoms with Crippen LogP contribution in [0, 0.1) is 11.3 Å². The first kappa shape index (κ1) is 14.2. The van der Waals surface area contributed by atoms with Crippen LogP contribution in [0.25, 0.3) is 0 Å². The third-order valence-corrected chi connectivity index (χ3v) is 2.56. The van der Waals surface area contributed by atoms with Crippen LogP contribution in [0.1, 0.15) is 30.6 Å². The minimum atomic E-state index is -1.02. The van der Waals surface area contributed by atoms with Crippen molar-refractivity contribution in [2.45, 2.75) is 25.6 Å². The van der Waals surface area contributed by atoms with Gasteiger partial charge in [-0.2, -0.15) is 5.26 Å². The number of aliphatic hydroxyl groups excluding tert-OH is 2. The van der Waals surface area contributed by atoms with E-state index in [9.17, 15) is 15.0 Å². The van der Waals surface area contributed by atoms with Crippen LogP contribution in [0.2, 0.25) is 0 Å². The van der Waals surface area contributed by atoms with Crippen LogP contribution in [0.3, 0.4) is 0 Å². The molecule has 2 atom stereocenters. The Labute approximate surface area is 106 Å². The molecule has 3 N–H and O–H groups in total. The Morgan fingerprint density at radius 1 is 1.39 bits per heavy atom. The molecule has 0 aliphatic carbocycles. The van der Waals surface area contributed by atoms with Crippen LogP contribution in [0.5, 0.6) is 0 Å². The molecule has 1 rings (SSSR count). The molecular weight excluding hydrogens is 232 g/mol. The molecule has 5 nitrogen and oxygen atoms in total. The van der Waals surface area contributed by atoms with E-state index in [1.54, 1.807) is 24.3 Å². The number of carbonyl (C=O) groups is 1. The maximum absolute atomic E-state index is 10.6. The highest BCUT2D eigenvalue weighted by Gasteiger charge is 2.17. The zero-order chi connectivity index (χ0) is 13.5. The van der Waals surface area contributed by atoms with Crippen molar-refractivity contribution in [3.63, 3.8) is 0 Å². The smallest absolute Gasteiger partial charge is 0.216 e. The second-order valence-corrected chi connectivity index (χ2v) is 4.02. The van der Waals surface area contributed by atoms with E-state index in [2.05, 4.69) is 5.32 Å². The summed E-state index contributed by atoms with van der Waals surface area (Å²) >= 11 is 0. The molecule has 5 heteroatoms. The van der Waals surface area contributed by atoms with Crippen molar-refractivity contribution < 1.29 is 15.0 Å². The maximum Gasteiger partial charge on any atom is 0.216 e. The van der Waals surface area contributed by atoms with Crippen LogP contribution in [-0.2, 0) is 4.79 Å². The van der Waals surface area contributed by atoms with Crippen molar-refractivity contribution in [1.82, 2.24) is 5.32 Å². The number of hydrogen-bond acceptors (Lipinski definition) is 4. The summed E-state index contributed by atoms with van der Waals surface area (Å²) in [5.74, 6) is -0.171. The van der Waals surface area contributed by atoms with Crippen LogP contribution >= 0.6 is 0 Å². The van der Waals surface area contributed by atoms with Crippen molar-refractivity contribution in [3.8, 4) is 6.07 Å². The standard InChI is InChI=1S/C13H16N2O3/c1-9(16)15-7-6-12(17)13(18)11-4-2-10(8-14)3-5-11/h2-5,12-13,17-18H,6-7H2,1H3,(H,15,16). The summed E-state index contributed by atoms with van der Waals surface area (Å²) in [6.45, 7) is 1.70. The van der Waals surface area contributed by atoms with Gasteiger partial charge < -0.3 is 15.5 Å². The van der Waals surface area contributed by atoms with Gasteiger partial charge in [-0.3, -0.25) is 4.79 Å². The van der Waals surface area contributed by atoms with Gasteiger partial charge >= 0.3 is 0 Å². The van der Waals surface area contributed by atoms with Gasteiger partial charge in [0.25, 0.3) is 0 Å². The van der Waals surface area contributed by atoms with E-state index in [0.717, 1.165) is 0 Å². The monoisotopic (exact) mass is 248 g/mol. The molecule has 1 amide bonds. The molecule has 0 saturated heterocycles. The Balaban J connectivity index is 2.54. The van der Waals surface area contributed by atoms with Gasteiger partial charge in [0.15, 0.2) is 0 Å². The number of amides is 1. The molecule has 1 aromatic rings. The predicted octanol–water partition coefficient (Wildman–Crippen LogP) is 0.479. The summed E-state index contributed by atoms with van der Waals surface area (Å²) in [7, 11) is 0. The number of carbonyl (C=O) groups excluding carboxylic acids is 1. The highest BCUT2D eigenvalue weighted by atomic mass is 16.3. The molecule has 0 aliphatic rings. The number of hydrogen-bond donors (Lipinski definition) is 3. The third-order valence-electron chi connectivity index (χ3n) is 2.56. The molecule has 0 radical (unpaired) electrons. The second kappa shape index (κ2) is 6.74. The maximum atomic E-state index is 10.6. The second-order valence-electron chi connectivity index (χ2n) is 4.02. The summed E-state index contributed by atoms with van der Waals surface area (Å²) in [5.41, 5.74) is 1.04. The van der Waals surface area contributed by atoms with Crippen LogP contribution in [0.15, 0.2) is 24.3 Å². The lowest BCUT2D eigenvalue weighted by Crippen LogP contribution is -2.27. The van der Waals surface area contributed by atoms with Gasteiger partial charge in [-0.1, -0.05) is 12.1 Å². The average Bonchev–Trinajstić information content (AvgIpc) is 2.37. The first-order chi connectivity index (χ1) is 8.54. The van der Waals surface area contributed by atoms with Crippen molar-refractivity contribution in [2.75, 3.05) is 6.54 Å². The normalized spacial score (nSPS) is 13.4. The van der Waals surface area contributed by atoms with E-state index in [0.29, 0.717) is 17.7 Å². The zero-order valence-electron chi connectivity index (χ0n) is 10.1. The third kappa shape index (κ3) is 4.17. The largest absolute Gasteiger partial charge is 0.390 e. The molecule has 96 valence electrons. The molecule has 0 aliphatic heterocycles. The van der Waals surface area contributed by atoms with Gasteiger partial charge in [0.05, 0.1) is 17.7 Å². The Hall–Kier alpha value is -1.90. The van der Waals surface area contributed by atoms with Crippen molar-refractivity contribution in [1.29, 1.82) is 5.26 Å². The Morgan fingerprint density at radius 3 is 2.50 bits per heavy atom. The average molecular weight is 248 g/mol. The van der Waals surface area contributed by atoms with Crippen molar-refractivity contribution in [3.05, 3.63) is 35.4 Å². The SMILES string of the molecule is CC(=O)NCCC(O)C(O)c1ccc(C#N)cc1. The number of nitrogens with one attached hydrogen (secondary N) is 1. The number of benzene rings is 1. The molecule has 1 aromatic carbocycles. The van der Waals surface area contributed by atoms with Crippen LogP contribution in [-0.4, -0.2) is 28.8 Å². The number of aliphatic hydroxyl groups is 2. The molecule has 0 aromatic heterocycles. The molecule has 0 spiro atoms. The fourth-order valence-electron chi connectivity index (χ4n) is 1.53. The van der Waals surface area contributed by atoms with Crippen LogP contribution in [0.4, 0.5) is 0 Å². The van der Waals surface area contributed by atoms with Gasteiger partial charge in [-0.25, -0.2) is 0 Å². The summed E-state index contributed by atoms with van der Waals surface area (Å²) < 4.78 is 0. The van der Waals surface area contributed by atoms with Crippen molar-refractivity contribution >= 4 is 5.91 Å². The van der Waals surface area contributed by atoms with E-state index >= 15 is 0 Å². The first-order valence-electron chi connectivity index (χ1n) is 5.65. The number of rotatable bonds is 5. The highest BCUT2D eigenvalue weighted by Crippen LogP contribution is 2.19. The molecule has 2 unspecified atom stereocenters. The summed E-state index contributed by atoms with van der Waals surface area (Å²) in [5, 5.41) is 30.8. The summed E-state index contributed by atoms with van der Waals surface area (Å²) in [6, 6.07) is 8.35. The van der Waals surface area contributed by atoms with Crippen LogP contribution < -0.4 is 5.32 Å². The highest BCUT2D eigenvalue weighted by molar-refractivity contribution is 5.72. The molecule has 0 bridgehead atoms. The molecule has 0 heterocycles. The van der Waals surface area contributed by atoms with Gasteiger partial charge in [0, 0.05) is 13.5 Å². The molecule has 18 heavy (non-hydrogen) atoms. The van der Waals surface area contributed by atoms with E-state index in [-0.39, 0.29) is 12.3 Å². The minimum Gasteiger partial charge on any atom is -0.390 e. The summed E-state index contributed by atoms with van der Waals surface area (Å²) in [6.07, 6.45) is -1.71. The fourth-order valence-corrected chi connectivity index (χ4v) is 1.53. The Morgan fingerprint density at radius 2 is 2.00 bits per heavy atom. The van der Waals surface area contributed by atoms with Gasteiger partial charge in [0.1, 0.15) is 6.10 Å². The summed E-state index contributed by atoms with van der Waals surface area (Å²) in [4.78, 5) is 10.6. The van der Waals surface area contributed by atoms with Crippen molar-refractivity contribution in [2.24, 2.45) is 0 Å². The fraction of sp³-hybridized carbons (Fsp3) is 0.385. The minimum absolute atomic E-state index is 0.171. The van der Waals surface area contributed by atoms with Gasteiger partial charge in [-0.15, -0.1) is 0 Å². The van der Waals surface area contributed by atoms with E-state index < -0.39 is 12.2 Å². The molecule has 0 saturated carbocycles. The van der Waals surface area contributed by atoms with E-state index in [4.69, 9.17) is 5.26 Å². The quantitative estimate of drug-likeness (QED) is 0.706. The predicted molar refractivity (Wildman–Crippen MR) is 65.4 cm³/mol. The Kier molecular flexibility index (Phi) is 5.31. The topological polar surface area (TPSA) is 93.3 Å². The Bertz CT molecular complexity index is 437. The lowest BCUT2D eigenvalue weighted by atomic mass is 10.0. The number of nitrogens with zero attached hydrogens (tertiary/aromatic N) is 1. The zero-order valence-corrected chi connectivity index (χ0v) is 10.1. The molecule has 0 fully saturated rings. The number of nitriles is 1.